The number of hydrogen-bond donors (Lipinski definition) is 1. The van der Waals surface area contributed by atoms with Gasteiger partial charge in [-0.2, -0.15) is 0 Å². The summed E-state index contributed by atoms with van der Waals surface area (Å²) in [6.45, 7) is 13.8. The zero-order chi connectivity index (χ0) is 25.7. The van der Waals surface area contributed by atoms with Gasteiger partial charge in [-0.05, 0) is 38.8 Å². The monoisotopic (exact) mass is 484 g/mol. The Labute approximate surface area is 206 Å². The molecule has 0 saturated carbocycles. The molecule has 0 aromatic carbocycles. The van der Waals surface area contributed by atoms with Crippen LogP contribution < -0.4 is 5.32 Å². The minimum atomic E-state index is -0.524. The van der Waals surface area contributed by atoms with E-state index in [2.05, 4.69) is 33.6 Å². The van der Waals surface area contributed by atoms with E-state index in [1.807, 2.05) is 18.7 Å². The van der Waals surface area contributed by atoms with Gasteiger partial charge in [0, 0.05) is 51.4 Å². The van der Waals surface area contributed by atoms with E-state index < -0.39 is 17.7 Å². The average Bonchev–Trinajstić information content (AvgIpc) is 3.18. The van der Waals surface area contributed by atoms with Crippen molar-refractivity contribution in [2.24, 2.45) is 0 Å². The Kier molecular flexibility index (Phi) is 8.61. The van der Waals surface area contributed by atoms with Crippen molar-refractivity contribution in [2.75, 3.05) is 39.3 Å². The van der Waals surface area contributed by atoms with Gasteiger partial charge in [-0.3, -0.25) is 29.0 Å². The predicted octanol–water partition coefficient (Wildman–Crippen LogP) is 1.35. The molecule has 0 aliphatic carbocycles. The second-order valence-corrected chi connectivity index (χ2v) is 9.62. The molecule has 35 heavy (non-hydrogen) atoms. The molecule has 2 fully saturated rings. The average molecular weight is 485 g/mol. The minimum Gasteiger partial charge on any atom is -0.337 e. The molecule has 0 unspecified atom stereocenters. The van der Waals surface area contributed by atoms with Crippen molar-refractivity contribution in [1.29, 1.82) is 0 Å². The van der Waals surface area contributed by atoms with Crippen LogP contribution in [-0.4, -0.2) is 87.1 Å². The van der Waals surface area contributed by atoms with Gasteiger partial charge in [0.2, 0.25) is 17.7 Å². The molecule has 190 valence electrons. The zero-order valence-corrected chi connectivity index (χ0v) is 21.3. The van der Waals surface area contributed by atoms with Gasteiger partial charge < -0.3 is 14.8 Å². The van der Waals surface area contributed by atoms with E-state index in [0.717, 1.165) is 61.9 Å². The predicted molar refractivity (Wildman–Crippen MR) is 132 cm³/mol. The Morgan fingerprint density at radius 1 is 1.09 bits per heavy atom. The molecular weight excluding hydrogens is 448 g/mol. The Morgan fingerprint density at radius 2 is 1.77 bits per heavy atom. The third-order valence-corrected chi connectivity index (χ3v) is 6.14. The topological polar surface area (TPSA) is 108 Å². The third kappa shape index (κ3) is 6.66. The van der Waals surface area contributed by atoms with Crippen LogP contribution in [-0.2, 0) is 25.7 Å². The number of nitrogens with one attached hydrogen (secondary N) is 1. The number of rotatable bonds is 7. The van der Waals surface area contributed by atoms with Crippen molar-refractivity contribution >= 4 is 29.7 Å². The molecule has 3 rings (SSSR count). The smallest absolute Gasteiger partial charge is 0.277 e. The number of aryl methyl sites for hydroxylation is 1. The zero-order valence-electron chi connectivity index (χ0n) is 21.3. The number of carbonyl (C=O) groups is 4. The third-order valence-electron chi connectivity index (χ3n) is 6.14. The molecule has 10 heteroatoms. The van der Waals surface area contributed by atoms with E-state index in [1.165, 1.54) is 6.92 Å². The Balaban J connectivity index is 1.62. The van der Waals surface area contributed by atoms with E-state index in [1.54, 1.807) is 18.5 Å². The number of carbonyl (C=O) groups excluding carboxylic acids is 4. The second kappa shape index (κ2) is 11.4. The van der Waals surface area contributed by atoms with Crippen LogP contribution >= 0.6 is 0 Å². The molecule has 0 atom stereocenters. The van der Waals surface area contributed by atoms with E-state index in [-0.39, 0.29) is 24.1 Å². The van der Waals surface area contributed by atoms with Gasteiger partial charge >= 0.3 is 0 Å². The first-order valence-corrected chi connectivity index (χ1v) is 12.1. The summed E-state index contributed by atoms with van der Waals surface area (Å²) < 4.78 is 2.09. The number of aromatic nitrogens is 2. The fourth-order valence-electron chi connectivity index (χ4n) is 4.41. The molecule has 2 saturated heterocycles. The van der Waals surface area contributed by atoms with Gasteiger partial charge in [0.15, 0.2) is 0 Å². The van der Waals surface area contributed by atoms with Crippen LogP contribution in [0.3, 0.4) is 0 Å². The molecule has 4 amide bonds. The maximum atomic E-state index is 12.6. The summed E-state index contributed by atoms with van der Waals surface area (Å²) in [5.41, 5.74) is 2.65. The lowest BCUT2D eigenvalue weighted by Gasteiger charge is -2.34. The van der Waals surface area contributed by atoms with E-state index in [4.69, 9.17) is 0 Å². The number of piperazine rings is 2. The molecule has 0 radical (unpaired) electrons. The number of hydrogen-bond acceptors (Lipinski definition) is 6. The largest absolute Gasteiger partial charge is 0.337 e. The quantitative estimate of drug-likeness (QED) is 0.586. The van der Waals surface area contributed by atoms with Crippen LogP contribution in [0.1, 0.15) is 58.3 Å². The standard InChI is InChI=1S/C25H36N6O4/c1-17(2)13-23(34)29-11-9-28(10-12-29)7-6-8-30-16-26-20(24(30)18(3)4)14-21-25(35)31(19(5)32)15-22(33)27-21/h13-14,16,18H,6-12,15H2,1-5H3,(H,27,33)/b21-14-. The second-order valence-electron chi connectivity index (χ2n) is 9.62. The lowest BCUT2D eigenvalue weighted by atomic mass is 10.1. The molecule has 1 aromatic heterocycles. The number of imide groups is 1. The molecule has 2 aliphatic heterocycles. The summed E-state index contributed by atoms with van der Waals surface area (Å²) in [5.74, 6) is -1.16. The number of imidazole rings is 1. The van der Waals surface area contributed by atoms with Crippen LogP contribution in [0.15, 0.2) is 23.7 Å². The van der Waals surface area contributed by atoms with Gasteiger partial charge in [0.1, 0.15) is 12.2 Å². The maximum Gasteiger partial charge on any atom is 0.277 e. The molecule has 1 aromatic rings. The lowest BCUT2D eigenvalue weighted by molar-refractivity contribution is -0.147. The molecule has 2 aliphatic rings. The van der Waals surface area contributed by atoms with E-state index >= 15 is 0 Å². The Bertz CT molecular complexity index is 1040. The van der Waals surface area contributed by atoms with E-state index in [9.17, 15) is 19.2 Å². The van der Waals surface area contributed by atoms with Crippen molar-refractivity contribution in [3.63, 3.8) is 0 Å². The molecular formula is C25H36N6O4. The van der Waals surface area contributed by atoms with Crippen molar-refractivity contribution in [2.45, 2.75) is 53.5 Å². The minimum absolute atomic E-state index is 0.0594. The van der Waals surface area contributed by atoms with Crippen molar-refractivity contribution < 1.29 is 19.2 Å². The molecule has 0 bridgehead atoms. The number of nitrogens with zero attached hydrogens (tertiary/aromatic N) is 5. The highest BCUT2D eigenvalue weighted by Gasteiger charge is 2.31. The molecule has 0 spiro atoms. The van der Waals surface area contributed by atoms with Gasteiger partial charge in [0.05, 0.1) is 12.0 Å². The summed E-state index contributed by atoms with van der Waals surface area (Å²) in [4.78, 5) is 58.2. The van der Waals surface area contributed by atoms with Crippen molar-refractivity contribution in [1.82, 2.24) is 29.6 Å². The highest BCUT2D eigenvalue weighted by Crippen LogP contribution is 2.22. The van der Waals surface area contributed by atoms with Crippen LogP contribution in [0.25, 0.3) is 6.08 Å². The first kappa shape index (κ1) is 26.3. The number of allylic oxidation sites excluding steroid dienone is 1. The summed E-state index contributed by atoms with van der Waals surface area (Å²) in [6, 6.07) is 0. The summed E-state index contributed by atoms with van der Waals surface area (Å²) in [6.07, 6.45) is 5.93. The highest BCUT2D eigenvalue weighted by atomic mass is 16.2. The molecule has 1 N–H and O–H groups in total. The Morgan fingerprint density at radius 3 is 2.37 bits per heavy atom. The van der Waals surface area contributed by atoms with E-state index in [0.29, 0.717) is 5.69 Å². The Hall–Kier alpha value is -3.27. The summed E-state index contributed by atoms with van der Waals surface area (Å²) in [7, 11) is 0. The number of amides is 4. The fourth-order valence-corrected chi connectivity index (χ4v) is 4.41. The van der Waals surface area contributed by atoms with Gasteiger partial charge in [-0.1, -0.05) is 19.4 Å². The summed E-state index contributed by atoms with van der Waals surface area (Å²) >= 11 is 0. The van der Waals surface area contributed by atoms with Crippen LogP contribution in [0, 0.1) is 0 Å². The first-order chi connectivity index (χ1) is 16.6. The first-order valence-electron chi connectivity index (χ1n) is 12.1. The normalized spacial score (nSPS) is 18.3. The maximum absolute atomic E-state index is 12.6. The molecule has 10 nitrogen and oxygen atoms in total. The lowest BCUT2D eigenvalue weighted by Crippen LogP contribution is -2.51. The SMILES string of the molecule is CC(=O)N1CC(=O)N/C(=C\c2ncn(CCCN3CCN(C(=O)C=C(C)C)CC3)c2C(C)C)C1=O. The van der Waals surface area contributed by atoms with Gasteiger partial charge in [0.25, 0.3) is 5.91 Å². The van der Waals surface area contributed by atoms with Gasteiger partial charge in [-0.15, -0.1) is 0 Å². The fraction of sp³-hybridized carbons (Fsp3) is 0.560. The van der Waals surface area contributed by atoms with Crippen molar-refractivity contribution in [3.05, 3.63) is 35.1 Å². The van der Waals surface area contributed by atoms with Crippen LogP contribution in [0.5, 0.6) is 0 Å². The highest BCUT2D eigenvalue weighted by molar-refractivity contribution is 6.12. The van der Waals surface area contributed by atoms with Crippen LogP contribution in [0.2, 0.25) is 0 Å². The summed E-state index contributed by atoms with van der Waals surface area (Å²) in [5, 5.41) is 2.57. The van der Waals surface area contributed by atoms with Crippen LogP contribution in [0.4, 0.5) is 0 Å². The van der Waals surface area contributed by atoms with Crippen molar-refractivity contribution in [3.8, 4) is 0 Å². The van der Waals surface area contributed by atoms with Gasteiger partial charge in [-0.25, -0.2) is 4.98 Å². The molecule has 3 heterocycles.